The number of benzene rings is 2. The van der Waals surface area contributed by atoms with Gasteiger partial charge < -0.3 is 9.47 Å². The van der Waals surface area contributed by atoms with Gasteiger partial charge in [0.1, 0.15) is 11.7 Å². The van der Waals surface area contributed by atoms with Crippen LogP contribution in [0.5, 0.6) is 5.75 Å². The molecular weight excluding hydrogens is 424 g/mol. The molecule has 0 N–H and O–H groups in total. The van der Waals surface area contributed by atoms with Gasteiger partial charge in [-0.05, 0) is 36.1 Å². The highest BCUT2D eigenvalue weighted by Crippen LogP contribution is 2.47. The van der Waals surface area contributed by atoms with Gasteiger partial charge in [0.2, 0.25) is 5.72 Å². The Morgan fingerprint density at radius 3 is 2.62 bits per heavy atom. The van der Waals surface area contributed by atoms with E-state index in [2.05, 4.69) is 26.0 Å². The summed E-state index contributed by atoms with van der Waals surface area (Å²) in [7, 11) is 1.35. The molecule has 0 saturated carbocycles. The van der Waals surface area contributed by atoms with Gasteiger partial charge in [-0.3, -0.25) is 14.2 Å². The lowest BCUT2D eigenvalue weighted by Crippen LogP contribution is -2.58. The molecule has 0 aliphatic carbocycles. The highest BCUT2D eigenvalue weighted by Gasteiger charge is 2.55. The van der Waals surface area contributed by atoms with E-state index in [1.807, 2.05) is 42.5 Å². The molecule has 0 fully saturated rings. The molecule has 7 heteroatoms. The number of hydrogen-bond donors (Lipinski definition) is 0. The fourth-order valence-corrected chi connectivity index (χ4v) is 5.66. The van der Waals surface area contributed by atoms with Crippen LogP contribution in [0.1, 0.15) is 49.4 Å². The SMILES string of the molecule is COC(=O)C1C2c3ccccc3OC1(C)N=c1sc(=Cc3ccc(C(C)C)cc3)c(=O)n12. The van der Waals surface area contributed by atoms with Crippen molar-refractivity contribution < 1.29 is 14.3 Å². The van der Waals surface area contributed by atoms with Gasteiger partial charge in [-0.25, -0.2) is 4.99 Å². The third-order valence-electron chi connectivity index (χ3n) is 6.24. The molecule has 1 aromatic heterocycles. The van der Waals surface area contributed by atoms with Crippen LogP contribution in [0.3, 0.4) is 0 Å². The molecule has 2 aliphatic rings. The molecule has 2 bridgehead atoms. The number of thiazole rings is 1. The predicted molar refractivity (Wildman–Crippen MR) is 123 cm³/mol. The molecule has 6 nitrogen and oxygen atoms in total. The minimum Gasteiger partial charge on any atom is -0.469 e. The first kappa shape index (κ1) is 20.7. The third kappa shape index (κ3) is 3.11. The van der Waals surface area contributed by atoms with Crippen molar-refractivity contribution in [2.24, 2.45) is 10.9 Å². The van der Waals surface area contributed by atoms with E-state index in [1.54, 1.807) is 11.5 Å². The van der Waals surface area contributed by atoms with E-state index in [-0.39, 0.29) is 5.56 Å². The fraction of sp³-hybridized carbons (Fsp3) is 0.320. The molecule has 3 unspecified atom stereocenters. The van der Waals surface area contributed by atoms with E-state index in [0.717, 1.165) is 11.1 Å². The molecule has 3 atom stereocenters. The highest BCUT2D eigenvalue weighted by atomic mass is 32.1. The van der Waals surface area contributed by atoms with Crippen molar-refractivity contribution in [1.82, 2.24) is 4.57 Å². The molecule has 2 aromatic carbocycles. The normalized spacial score (nSPS) is 23.7. The van der Waals surface area contributed by atoms with Crippen molar-refractivity contribution >= 4 is 23.4 Å². The summed E-state index contributed by atoms with van der Waals surface area (Å²) < 4.78 is 13.5. The molecule has 32 heavy (non-hydrogen) atoms. The van der Waals surface area contributed by atoms with Crippen LogP contribution in [0, 0.1) is 5.92 Å². The van der Waals surface area contributed by atoms with Gasteiger partial charge in [-0.2, -0.15) is 0 Å². The number of rotatable bonds is 3. The Balaban J connectivity index is 1.72. The Morgan fingerprint density at radius 1 is 1.22 bits per heavy atom. The predicted octanol–water partition coefficient (Wildman–Crippen LogP) is 2.98. The Bertz CT molecular complexity index is 1390. The van der Waals surface area contributed by atoms with E-state index in [4.69, 9.17) is 14.5 Å². The molecule has 5 rings (SSSR count). The minimum absolute atomic E-state index is 0.167. The molecule has 164 valence electrons. The van der Waals surface area contributed by atoms with Gasteiger partial charge >= 0.3 is 5.97 Å². The third-order valence-corrected chi connectivity index (χ3v) is 7.22. The van der Waals surface area contributed by atoms with Crippen LogP contribution in [0.4, 0.5) is 0 Å². The Kier molecular flexibility index (Phi) is 4.82. The largest absolute Gasteiger partial charge is 0.469 e. The van der Waals surface area contributed by atoms with E-state index in [1.165, 1.54) is 24.0 Å². The lowest BCUT2D eigenvalue weighted by atomic mass is 9.81. The minimum atomic E-state index is -1.15. The number of ether oxygens (including phenoxy) is 2. The van der Waals surface area contributed by atoms with Gasteiger partial charge in [0, 0.05) is 5.56 Å². The second kappa shape index (κ2) is 7.45. The van der Waals surface area contributed by atoms with Crippen LogP contribution >= 0.6 is 11.3 Å². The number of para-hydroxylation sites is 1. The van der Waals surface area contributed by atoms with Crippen molar-refractivity contribution in [1.29, 1.82) is 0 Å². The number of nitrogens with zero attached hydrogens (tertiary/aromatic N) is 2. The van der Waals surface area contributed by atoms with Crippen molar-refractivity contribution in [2.45, 2.75) is 38.5 Å². The first-order valence-electron chi connectivity index (χ1n) is 10.6. The van der Waals surface area contributed by atoms with Crippen molar-refractivity contribution in [3.05, 3.63) is 84.9 Å². The van der Waals surface area contributed by atoms with Crippen molar-refractivity contribution in [3.63, 3.8) is 0 Å². The zero-order valence-electron chi connectivity index (χ0n) is 18.4. The number of aromatic nitrogens is 1. The van der Waals surface area contributed by atoms with Crippen LogP contribution in [-0.2, 0) is 9.53 Å². The van der Waals surface area contributed by atoms with E-state index in [9.17, 15) is 9.59 Å². The maximum atomic E-state index is 13.6. The summed E-state index contributed by atoms with van der Waals surface area (Å²) in [5.74, 6) is -0.143. The summed E-state index contributed by atoms with van der Waals surface area (Å²) in [6.45, 7) is 6.07. The first-order chi connectivity index (χ1) is 15.3. The molecule has 3 aromatic rings. The Morgan fingerprint density at radius 2 is 1.94 bits per heavy atom. The van der Waals surface area contributed by atoms with Crippen LogP contribution in [0.15, 0.2) is 58.3 Å². The summed E-state index contributed by atoms with van der Waals surface area (Å²) >= 11 is 1.31. The maximum absolute atomic E-state index is 13.6. The average molecular weight is 449 g/mol. The van der Waals surface area contributed by atoms with Crippen LogP contribution in [0.25, 0.3) is 6.08 Å². The summed E-state index contributed by atoms with van der Waals surface area (Å²) in [6.07, 6.45) is 1.88. The fourth-order valence-electron chi connectivity index (χ4n) is 4.56. The quantitative estimate of drug-likeness (QED) is 0.578. The number of esters is 1. The molecule has 0 spiro atoms. The summed E-state index contributed by atoms with van der Waals surface area (Å²) in [6, 6.07) is 15.1. The topological polar surface area (TPSA) is 69.9 Å². The second-order valence-corrected chi connectivity index (χ2v) is 9.65. The zero-order chi connectivity index (χ0) is 22.6. The first-order valence-corrected chi connectivity index (χ1v) is 11.4. The van der Waals surface area contributed by atoms with Crippen molar-refractivity contribution in [3.8, 4) is 5.75 Å². The van der Waals surface area contributed by atoms with E-state index >= 15 is 0 Å². The number of carbonyl (C=O) groups excluding carboxylic acids is 1. The van der Waals surface area contributed by atoms with E-state index in [0.29, 0.717) is 21.0 Å². The molecular formula is C25H24N2O4S. The number of fused-ring (bicyclic) bond motifs is 6. The lowest BCUT2D eigenvalue weighted by Gasteiger charge is -2.44. The number of carbonyl (C=O) groups is 1. The summed E-state index contributed by atoms with van der Waals surface area (Å²) in [5, 5.41) is 0. The van der Waals surface area contributed by atoms with Crippen LogP contribution in [-0.4, -0.2) is 23.4 Å². The maximum Gasteiger partial charge on any atom is 0.317 e. The number of methoxy groups -OCH3 is 1. The van der Waals surface area contributed by atoms with Gasteiger partial charge in [-0.15, -0.1) is 0 Å². The monoisotopic (exact) mass is 448 g/mol. The lowest BCUT2D eigenvalue weighted by molar-refractivity contribution is -0.158. The summed E-state index contributed by atoms with van der Waals surface area (Å²) in [4.78, 5) is 31.7. The molecule has 3 heterocycles. The average Bonchev–Trinajstić information content (AvgIpc) is 3.06. The summed E-state index contributed by atoms with van der Waals surface area (Å²) in [5.41, 5.74) is 1.65. The van der Waals surface area contributed by atoms with Gasteiger partial charge in [0.25, 0.3) is 5.56 Å². The highest BCUT2D eigenvalue weighted by molar-refractivity contribution is 7.07. The van der Waals surface area contributed by atoms with Crippen LogP contribution in [0.2, 0.25) is 0 Å². The van der Waals surface area contributed by atoms with Gasteiger partial charge in [-0.1, -0.05) is 67.6 Å². The standard InChI is InChI=1S/C25H24N2O4S/c1-14(2)16-11-9-15(10-12-16)13-19-22(28)27-21-17-7-5-6-8-18(17)31-25(3,26-24(27)32-19)20(21)23(29)30-4/h5-14,20-21H,1-4H3. The van der Waals surface area contributed by atoms with Crippen molar-refractivity contribution in [2.75, 3.05) is 7.11 Å². The zero-order valence-corrected chi connectivity index (χ0v) is 19.2. The molecule has 0 radical (unpaired) electrons. The van der Waals surface area contributed by atoms with Gasteiger partial charge in [0.05, 0.1) is 17.7 Å². The Labute approximate surface area is 189 Å². The number of hydrogen-bond acceptors (Lipinski definition) is 6. The Hall–Kier alpha value is -3.19. The van der Waals surface area contributed by atoms with Crippen LogP contribution < -0.4 is 19.6 Å². The van der Waals surface area contributed by atoms with Gasteiger partial charge in [0.15, 0.2) is 4.80 Å². The molecule has 0 amide bonds. The molecule has 2 aliphatic heterocycles. The second-order valence-electron chi connectivity index (χ2n) is 8.64. The smallest absolute Gasteiger partial charge is 0.317 e. The van der Waals surface area contributed by atoms with E-state index < -0.39 is 23.7 Å². The molecule has 0 saturated heterocycles.